The zero-order valence-electron chi connectivity index (χ0n) is 11.2. The van der Waals surface area contributed by atoms with E-state index in [1.807, 2.05) is 19.1 Å². The third-order valence-corrected chi connectivity index (χ3v) is 3.01. The molecular weight excluding hydrogens is 210 g/mol. The molecule has 0 radical (unpaired) electrons. The lowest BCUT2D eigenvalue weighted by atomic mass is 10.1. The van der Waals surface area contributed by atoms with Gasteiger partial charge >= 0.3 is 0 Å². The number of amides is 1. The van der Waals surface area contributed by atoms with Gasteiger partial charge in [0.25, 0.3) is 0 Å². The summed E-state index contributed by atoms with van der Waals surface area (Å²) in [6, 6.07) is 6.16. The Morgan fingerprint density at radius 2 is 2.00 bits per heavy atom. The third-order valence-electron chi connectivity index (χ3n) is 3.01. The fraction of sp³-hybridized carbons (Fsp3) is 0.533. The summed E-state index contributed by atoms with van der Waals surface area (Å²) in [5.74, 6) is 0.141. The number of hydrogen-bond acceptors (Lipinski definition) is 1. The first kappa shape index (κ1) is 13.8. The Kier molecular flexibility index (Phi) is 5.75. The van der Waals surface area contributed by atoms with E-state index in [9.17, 15) is 4.79 Å². The number of unbranched alkanes of at least 4 members (excludes halogenated alkanes) is 2. The summed E-state index contributed by atoms with van der Waals surface area (Å²) in [5, 5.41) is 3.05. The minimum atomic E-state index is 0.141. The van der Waals surface area contributed by atoms with E-state index in [1.165, 1.54) is 5.56 Å². The number of anilines is 1. The molecule has 17 heavy (non-hydrogen) atoms. The summed E-state index contributed by atoms with van der Waals surface area (Å²) in [7, 11) is 0. The Balaban J connectivity index is 2.64. The van der Waals surface area contributed by atoms with Gasteiger partial charge in [0.1, 0.15) is 0 Å². The average molecular weight is 233 g/mol. The number of hydrogen-bond donors (Lipinski definition) is 1. The van der Waals surface area contributed by atoms with Crippen LogP contribution in [0, 0.1) is 6.92 Å². The molecular formula is C15H23NO. The molecule has 0 spiro atoms. The molecule has 0 aliphatic carbocycles. The van der Waals surface area contributed by atoms with Crippen LogP contribution in [0.2, 0.25) is 0 Å². The van der Waals surface area contributed by atoms with Gasteiger partial charge in [-0.1, -0.05) is 44.9 Å². The van der Waals surface area contributed by atoms with Gasteiger partial charge in [0.05, 0.1) is 0 Å². The van der Waals surface area contributed by atoms with Crippen LogP contribution in [0.3, 0.4) is 0 Å². The fourth-order valence-electron chi connectivity index (χ4n) is 1.94. The average Bonchev–Trinajstić information content (AvgIpc) is 2.32. The summed E-state index contributed by atoms with van der Waals surface area (Å²) in [6.07, 6.45) is 4.84. The van der Waals surface area contributed by atoms with Crippen LogP contribution in [0.15, 0.2) is 18.2 Å². The van der Waals surface area contributed by atoms with Gasteiger partial charge in [-0.2, -0.15) is 0 Å². The summed E-state index contributed by atoms with van der Waals surface area (Å²) in [6.45, 7) is 6.30. The van der Waals surface area contributed by atoms with Crippen molar-refractivity contribution in [1.82, 2.24) is 0 Å². The quantitative estimate of drug-likeness (QED) is 0.737. The zero-order valence-corrected chi connectivity index (χ0v) is 11.2. The van der Waals surface area contributed by atoms with Crippen LogP contribution in [0.25, 0.3) is 0 Å². The summed E-state index contributed by atoms with van der Waals surface area (Å²) < 4.78 is 0. The monoisotopic (exact) mass is 233 g/mol. The molecule has 1 aromatic rings. The molecule has 1 N–H and O–H groups in total. The molecule has 0 unspecified atom stereocenters. The van der Waals surface area contributed by atoms with Crippen molar-refractivity contribution in [1.29, 1.82) is 0 Å². The second-order valence-corrected chi connectivity index (χ2v) is 4.47. The Morgan fingerprint density at radius 3 is 2.65 bits per heavy atom. The van der Waals surface area contributed by atoms with E-state index in [4.69, 9.17) is 0 Å². The standard InChI is InChI=1S/C15H23NO/c1-4-6-7-11-14(17)16-15-12(3)9-8-10-13(15)5-2/h8-10H,4-7,11H2,1-3H3,(H,16,17). The Morgan fingerprint density at radius 1 is 1.24 bits per heavy atom. The molecule has 94 valence electrons. The molecule has 0 fully saturated rings. The number of carbonyl (C=O) groups is 1. The number of carbonyl (C=O) groups excluding carboxylic acids is 1. The van der Waals surface area contributed by atoms with Crippen LogP contribution in [-0.2, 0) is 11.2 Å². The fourth-order valence-corrected chi connectivity index (χ4v) is 1.94. The first-order chi connectivity index (χ1) is 8.19. The molecule has 2 heteroatoms. The SMILES string of the molecule is CCCCCC(=O)Nc1c(C)cccc1CC. The molecule has 2 nitrogen and oxygen atoms in total. The lowest BCUT2D eigenvalue weighted by molar-refractivity contribution is -0.116. The van der Waals surface area contributed by atoms with E-state index < -0.39 is 0 Å². The molecule has 0 atom stereocenters. The van der Waals surface area contributed by atoms with Gasteiger partial charge < -0.3 is 5.32 Å². The van der Waals surface area contributed by atoms with Gasteiger partial charge in [-0.05, 0) is 30.9 Å². The maximum atomic E-state index is 11.8. The second-order valence-electron chi connectivity index (χ2n) is 4.47. The van der Waals surface area contributed by atoms with Crippen molar-refractivity contribution in [3.63, 3.8) is 0 Å². The molecule has 0 aromatic heterocycles. The second kappa shape index (κ2) is 7.10. The molecule has 1 rings (SSSR count). The van der Waals surface area contributed by atoms with Gasteiger partial charge in [0, 0.05) is 12.1 Å². The van der Waals surface area contributed by atoms with Crippen molar-refractivity contribution in [3.8, 4) is 0 Å². The van der Waals surface area contributed by atoms with Crippen LogP contribution in [0.4, 0.5) is 5.69 Å². The first-order valence-electron chi connectivity index (χ1n) is 6.57. The molecule has 0 aliphatic heterocycles. The predicted molar refractivity (Wildman–Crippen MR) is 73.3 cm³/mol. The van der Waals surface area contributed by atoms with Crippen molar-refractivity contribution >= 4 is 11.6 Å². The van der Waals surface area contributed by atoms with Crippen LogP contribution in [-0.4, -0.2) is 5.91 Å². The highest BCUT2D eigenvalue weighted by Crippen LogP contribution is 2.21. The largest absolute Gasteiger partial charge is 0.326 e. The molecule has 0 saturated heterocycles. The van der Waals surface area contributed by atoms with E-state index in [2.05, 4.69) is 25.2 Å². The highest BCUT2D eigenvalue weighted by Gasteiger charge is 2.07. The number of para-hydroxylation sites is 1. The van der Waals surface area contributed by atoms with Crippen LogP contribution in [0.1, 0.15) is 50.7 Å². The van der Waals surface area contributed by atoms with E-state index in [0.717, 1.165) is 36.9 Å². The van der Waals surface area contributed by atoms with Gasteiger partial charge in [0.2, 0.25) is 5.91 Å². The minimum Gasteiger partial charge on any atom is -0.326 e. The first-order valence-corrected chi connectivity index (χ1v) is 6.57. The van der Waals surface area contributed by atoms with E-state index in [0.29, 0.717) is 6.42 Å². The Labute approximate surface area is 104 Å². The number of rotatable bonds is 6. The topological polar surface area (TPSA) is 29.1 Å². The van der Waals surface area contributed by atoms with Crippen molar-refractivity contribution < 1.29 is 4.79 Å². The highest BCUT2D eigenvalue weighted by atomic mass is 16.1. The van der Waals surface area contributed by atoms with Crippen molar-refractivity contribution in [2.75, 3.05) is 5.32 Å². The van der Waals surface area contributed by atoms with Gasteiger partial charge in [-0.15, -0.1) is 0 Å². The maximum Gasteiger partial charge on any atom is 0.224 e. The van der Waals surface area contributed by atoms with Crippen molar-refractivity contribution in [2.45, 2.75) is 52.9 Å². The lowest BCUT2D eigenvalue weighted by Gasteiger charge is -2.12. The third kappa shape index (κ3) is 4.22. The van der Waals surface area contributed by atoms with Crippen LogP contribution >= 0.6 is 0 Å². The Bertz CT molecular complexity index is 371. The lowest BCUT2D eigenvalue weighted by Crippen LogP contribution is -2.13. The highest BCUT2D eigenvalue weighted by molar-refractivity contribution is 5.92. The molecule has 1 amide bonds. The van der Waals surface area contributed by atoms with Crippen LogP contribution < -0.4 is 5.32 Å². The Hall–Kier alpha value is -1.31. The van der Waals surface area contributed by atoms with Gasteiger partial charge in [0.15, 0.2) is 0 Å². The van der Waals surface area contributed by atoms with Gasteiger partial charge in [-0.3, -0.25) is 4.79 Å². The smallest absolute Gasteiger partial charge is 0.224 e. The molecule has 0 heterocycles. The van der Waals surface area contributed by atoms with E-state index in [-0.39, 0.29) is 5.91 Å². The van der Waals surface area contributed by atoms with E-state index >= 15 is 0 Å². The van der Waals surface area contributed by atoms with Crippen molar-refractivity contribution in [2.24, 2.45) is 0 Å². The summed E-state index contributed by atoms with van der Waals surface area (Å²) in [4.78, 5) is 11.8. The molecule has 0 aliphatic rings. The van der Waals surface area contributed by atoms with Crippen LogP contribution in [0.5, 0.6) is 0 Å². The summed E-state index contributed by atoms with van der Waals surface area (Å²) in [5.41, 5.74) is 3.37. The minimum absolute atomic E-state index is 0.141. The molecule has 1 aromatic carbocycles. The normalized spacial score (nSPS) is 10.3. The predicted octanol–water partition coefficient (Wildman–Crippen LogP) is 4.08. The van der Waals surface area contributed by atoms with E-state index in [1.54, 1.807) is 0 Å². The molecule has 0 bridgehead atoms. The summed E-state index contributed by atoms with van der Waals surface area (Å²) >= 11 is 0. The molecule has 0 saturated carbocycles. The number of nitrogens with one attached hydrogen (secondary N) is 1. The zero-order chi connectivity index (χ0) is 12.7. The number of benzene rings is 1. The van der Waals surface area contributed by atoms with Gasteiger partial charge in [-0.25, -0.2) is 0 Å². The maximum absolute atomic E-state index is 11.8. The number of aryl methyl sites for hydroxylation is 2. The van der Waals surface area contributed by atoms with Crippen molar-refractivity contribution in [3.05, 3.63) is 29.3 Å².